The van der Waals surface area contributed by atoms with E-state index >= 15 is 0 Å². The molecule has 0 aromatic rings. The maximum absolute atomic E-state index is 5.41. The van der Waals surface area contributed by atoms with Gasteiger partial charge in [-0.25, -0.2) is 0 Å². The fraction of sp³-hybridized carbons (Fsp3) is 1.00. The molecule has 2 aliphatic heterocycles. The molecule has 0 aromatic carbocycles. The van der Waals surface area contributed by atoms with Crippen LogP contribution in [0.5, 0.6) is 0 Å². The van der Waals surface area contributed by atoms with E-state index in [0.717, 1.165) is 38.3 Å². The van der Waals surface area contributed by atoms with Crippen molar-refractivity contribution in [3.05, 3.63) is 0 Å². The average Bonchev–Trinajstić information content (AvgIpc) is 2.46. The van der Waals surface area contributed by atoms with E-state index in [2.05, 4.69) is 23.6 Å². The van der Waals surface area contributed by atoms with Gasteiger partial charge in [0.1, 0.15) is 0 Å². The van der Waals surface area contributed by atoms with Gasteiger partial charge < -0.3 is 9.64 Å². The van der Waals surface area contributed by atoms with Crippen LogP contribution in [-0.4, -0.2) is 61.8 Å². The molecule has 0 spiro atoms. The Morgan fingerprint density at radius 2 is 1.89 bits per heavy atom. The molecule has 0 unspecified atom stereocenters. The highest BCUT2D eigenvalue weighted by Crippen LogP contribution is 2.25. The molecule has 0 saturated carbocycles. The highest BCUT2D eigenvalue weighted by Gasteiger charge is 2.26. The number of nitrogens with zero attached hydrogens (tertiary/aromatic N) is 2. The van der Waals surface area contributed by atoms with E-state index in [1.807, 2.05) is 0 Å². The second kappa shape index (κ2) is 7.46. The number of hydrogen-bond acceptors (Lipinski definition) is 3. The van der Waals surface area contributed by atoms with Crippen LogP contribution in [0.3, 0.4) is 0 Å². The van der Waals surface area contributed by atoms with Gasteiger partial charge in [0.2, 0.25) is 0 Å². The predicted molar refractivity (Wildman–Crippen MR) is 75.9 cm³/mol. The van der Waals surface area contributed by atoms with Crippen LogP contribution in [0.15, 0.2) is 0 Å². The number of piperidine rings is 1. The second-order valence-corrected chi connectivity index (χ2v) is 5.84. The molecular weight excluding hydrogens is 224 g/mol. The molecule has 0 radical (unpaired) electrons. The Kier molecular flexibility index (Phi) is 5.93. The summed E-state index contributed by atoms with van der Waals surface area (Å²) in [5.41, 5.74) is 0. The number of morpholine rings is 1. The largest absolute Gasteiger partial charge is 0.379 e. The van der Waals surface area contributed by atoms with Gasteiger partial charge in [0, 0.05) is 25.7 Å². The minimum Gasteiger partial charge on any atom is -0.379 e. The van der Waals surface area contributed by atoms with E-state index in [-0.39, 0.29) is 0 Å². The van der Waals surface area contributed by atoms with Crippen molar-refractivity contribution in [3.63, 3.8) is 0 Å². The lowest BCUT2D eigenvalue weighted by molar-refractivity contribution is 0.0286. The van der Waals surface area contributed by atoms with Gasteiger partial charge in [-0.1, -0.05) is 20.3 Å². The number of ether oxygens (including phenoxy) is 1. The van der Waals surface area contributed by atoms with Gasteiger partial charge >= 0.3 is 0 Å². The van der Waals surface area contributed by atoms with Crippen molar-refractivity contribution < 1.29 is 4.74 Å². The standard InChI is InChI=1S/C15H30N2O/c1-3-14-5-6-15(17(4-2)13-14)7-8-16-9-11-18-12-10-16/h14-15H,3-13H2,1-2H3/t14-,15+/m1/s1. The zero-order valence-electron chi connectivity index (χ0n) is 12.2. The van der Waals surface area contributed by atoms with Crippen molar-refractivity contribution in [1.29, 1.82) is 0 Å². The smallest absolute Gasteiger partial charge is 0.0594 e. The molecule has 0 aromatic heterocycles. The van der Waals surface area contributed by atoms with E-state index in [1.54, 1.807) is 0 Å². The predicted octanol–water partition coefficient (Wildman–Crippen LogP) is 2.22. The van der Waals surface area contributed by atoms with E-state index in [1.165, 1.54) is 45.3 Å². The summed E-state index contributed by atoms with van der Waals surface area (Å²) >= 11 is 0. The molecule has 0 N–H and O–H groups in total. The van der Waals surface area contributed by atoms with Crippen molar-refractivity contribution in [2.45, 2.75) is 45.6 Å². The first-order valence-electron chi connectivity index (χ1n) is 7.87. The molecular formula is C15H30N2O. The molecule has 0 aliphatic carbocycles. The van der Waals surface area contributed by atoms with E-state index in [4.69, 9.17) is 4.74 Å². The number of likely N-dealkylation sites (tertiary alicyclic amines) is 1. The molecule has 18 heavy (non-hydrogen) atoms. The lowest BCUT2D eigenvalue weighted by atomic mass is 9.89. The van der Waals surface area contributed by atoms with Crippen LogP contribution in [0.1, 0.15) is 39.5 Å². The van der Waals surface area contributed by atoms with Crippen LogP contribution in [0, 0.1) is 5.92 Å². The third kappa shape index (κ3) is 3.94. The summed E-state index contributed by atoms with van der Waals surface area (Å²) in [5.74, 6) is 0.949. The monoisotopic (exact) mass is 254 g/mol. The molecule has 0 amide bonds. The molecule has 106 valence electrons. The van der Waals surface area contributed by atoms with Gasteiger partial charge in [-0.2, -0.15) is 0 Å². The molecule has 2 atom stereocenters. The van der Waals surface area contributed by atoms with Gasteiger partial charge in [-0.3, -0.25) is 4.90 Å². The van der Waals surface area contributed by atoms with Crippen molar-refractivity contribution >= 4 is 0 Å². The maximum atomic E-state index is 5.41. The van der Waals surface area contributed by atoms with Crippen molar-refractivity contribution in [2.24, 2.45) is 5.92 Å². The first-order chi connectivity index (χ1) is 8.83. The summed E-state index contributed by atoms with van der Waals surface area (Å²) in [7, 11) is 0. The van der Waals surface area contributed by atoms with Crippen molar-refractivity contribution in [2.75, 3.05) is 45.9 Å². The highest BCUT2D eigenvalue weighted by molar-refractivity contribution is 4.81. The normalized spacial score (nSPS) is 31.7. The van der Waals surface area contributed by atoms with Crippen LogP contribution >= 0.6 is 0 Å². The Morgan fingerprint density at radius 3 is 2.56 bits per heavy atom. The zero-order chi connectivity index (χ0) is 12.8. The molecule has 2 fully saturated rings. The molecule has 0 bridgehead atoms. The van der Waals surface area contributed by atoms with Crippen LogP contribution in [-0.2, 0) is 4.74 Å². The Labute approximate surface area is 112 Å². The SMILES string of the molecule is CC[C@@H]1CC[C@@H](CCN2CCOCC2)N(CC)C1. The van der Waals surface area contributed by atoms with Crippen LogP contribution in [0.2, 0.25) is 0 Å². The Morgan fingerprint density at radius 1 is 1.11 bits per heavy atom. The Bertz CT molecular complexity index is 229. The minimum atomic E-state index is 0.834. The molecule has 2 rings (SSSR count). The fourth-order valence-electron chi connectivity index (χ4n) is 3.39. The first kappa shape index (κ1) is 14.3. The van der Waals surface area contributed by atoms with E-state index in [0.29, 0.717) is 0 Å². The lowest BCUT2D eigenvalue weighted by Gasteiger charge is -2.40. The summed E-state index contributed by atoms with van der Waals surface area (Å²) in [6.45, 7) is 12.6. The third-order valence-electron chi connectivity index (χ3n) is 4.78. The van der Waals surface area contributed by atoms with Gasteiger partial charge in [0.15, 0.2) is 0 Å². The van der Waals surface area contributed by atoms with Crippen LogP contribution in [0.25, 0.3) is 0 Å². The van der Waals surface area contributed by atoms with Gasteiger partial charge in [-0.05, 0) is 38.3 Å². The van der Waals surface area contributed by atoms with Crippen LogP contribution < -0.4 is 0 Å². The van der Waals surface area contributed by atoms with Gasteiger partial charge in [-0.15, -0.1) is 0 Å². The fourth-order valence-corrected chi connectivity index (χ4v) is 3.39. The third-order valence-corrected chi connectivity index (χ3v) is 4.78. The Hall–Kier alpha value is -0.120. The van der Waals surface area contributed by atoms with Gasteiger partial charge in [0.25, 0.3) is 0 Å². The highest BCUT2D eigenvalue weighted by atomic mass is 16.5. The Balaban J connectivity index is 1.73. The maximum Gasteiger partial charge on any atom is 0.0594 e. The van der Waals surface area contributed by atoms with E-state index < -0.39 is 0 Å². The average molecular weight is 254 g/mol. The quantitative estimate of drug-likeness (QED) is 0.748. The van der Waals surface area contributed by atoms with Gasteiger partial charge in [0.05, 0.1) is 13.2 Å². The topological polar surface area (TPSA) is 15.7 Å². The minimum absolute atomic E-state index is 0.834. The summed E-state index contributed by atoms with van der Waals surface area (Å²) in [5, 5.41) is 0. The van der Waals surface area contributed by atoms with Crippen molar-refractivity contribution in [1.82, 2.24) is 9.80 Å². The van der Waals surface area contributed by atoms with E-state index in [9.17, 15) is 0 Å². The number of rotatable bonds is 5. The first-order valence-corrected chi connectivity index (χ1v) is 7.87. The lowest BCUT2D eigenvalue weighted by Crippen LogP contribution is -2.45. The summed E-state index contributed by atoms with van der Waals surface area (Å²) in [6, 6.07) is 0.834. The summed E-state index contributed by atoms with van der Waals surface area (Å²) < 4.78 is 5.41. The number of hydrogen-bond donors (Lipinski definition) is 0. The molecule has 3 heteroatoms. The van der Waals surface area contributed by atoms with Crippen molar-refractivity contribution in [3.8, 4) is 0 Å². The second-order valence-electron chi connectivity index (χ2n) is 5.84. The molecule has 2 saturated heterocycles. The molecule has 3 nitrogen and oxygen atoms in total. The molecule has 2 aliphatic rings. The summed E-state index contributed by atoms with van der Waals surface area (Å²) in [4.78, 5) is 5.29. The molecule has 2 heterocycles. The zero-order valence-corrected chi connectivity index (χ0v) is 12.2. The summed E-state index contributed by atoms with van der Waals surface area (Å²) in [6.07, 6.45) is 5.56. The van der Waals surface area contributed by atoms with Crippen LogP contribution in [0.4, 0.5) is 0 Å².